The molecule has 0 unspecified atom stereocenters. The molecule has 0 saturated heterocycles. The van der Waals surface area contributed by atoms with Crippen LogP contribution in [0, 0.1) is 11.6 Å². The van der Waals surface area contributed by atoms with E-state index >= 15 is 0 Å². The average molecular weight is 315 g/mol. The highest BCUT2D eigenvalue weighted by Crippen LogP contribution is 2.17. The second kappa shape index (κ2) is 6.22. The van der Waals surface area contributed by atoms with E-state index in [9.17, 15) is 13.6 Å². The molecule has 0 spiro atoms. The molecule has 116 valence electrons. The van der Waals surface area contributed by atoms with Crippen molar-refractivity contribution in [3.8, 4) is 11.4 Å². The summed E-state index contributed by atoms with van der Waals surface area (Å²) in [4.78, 5) is 15.9. The molecular weight excluding hydrogens is 304 g/mol. The molecule has 0 radical (unpaired) electrons. The number of benzene rings is 2. The first-order chi connectivity index (χ1) is 11.1. The van der Waals surface area contributed by atoms with E-state index in [-0.39, 0.29) is 11.6 Å². The Balaban J connectivity index is 1.69. The minimum absolute atomic E-state index is 0.0122. The summed E-state index contributed by atoms with van der Waals surface area (Å²) in [5.74, 6) is -0.927. The number of carbonyl (C=O) groups is 1. The quantitative estimate of drug-likeness (QED) is 0.693. The molecule has 3 aromatic rings. The van der Waals surface area contributed by atoms with E-state index in [0.29, 0.717) is 5.82 Å². The minimum atomic E-state index is -0.784. The predicted molar refractivity (Wildman–Crippen MR) is 80.8 cm³/mol. The summed E-state index contributed by atoms with van der Waals surface area (Å²) in [6, 6.07) is 11.2. The Morgan fingerprint density at radius 2 is 1.83 bits per heavy atom. The van der Waals surface area contributed by atoms with Crippen LogP contribution in [0.2, 0.25) is 0 Å². The lowest BCUT2D eigenvalue weighted by atomic mass is 10.2. The van der Waals surface area contributed by atoms with Crippen LogP contribution in [0.15, 0.2) is 48.5 Å². The van der Waals surface area contributed by atoms with Crippen molar-refractivity contribution in [2.75, 3.05) is 10.6 Å². The van der Waals surface area contributed by atoms with Crippen LogP contribution >= 0.6 is 0 Å². The number of anilines is 2. The van der Waals surface area contributed by atoms with Crippen molar-refractivity contribution in [2.45, 2.75) is 0 Å². The van der Waals surface area contributed by atoms with Crippen LogP contribution in [0.1, 0.15) is 0 Å². The molecule has 1 aromatic heterocycles. The van der Waals surface area contributed by atoms with Gasteiger partial charge < -0.3 is 5.32 Å². The summed E-state index contributed by atoms with van der Waals surface area (Å²) in [6.45, 7) is 0. The van der Waals surface area contributed by atoms with E-state index in [4.69, 9.17) is 0 Å². The monoisotopic (exact) mass is 315 g/mol. The maximum absolute atomic E-state index is 13.4. The molecule has 2 aromatic carbocycles. The van der Waals surface area contributed by atoms with E-state index in [0.717, 1.165) is 23.8 Å². The zero-order valence-corrected chi connectivity index (χ0v) is 11.7. The first-order valence-corrected chi connectivity index (χ1v) is 6.63. The third-order valence-electron chi connectivity index (χ3n) is 2.93. The number of hydrogen-bond acceptors (Lipinski definition) is 3. The lowest BCUT2D eigenvalue weighted by molar-refractivity contribution is 0.262. The molecule has 0 atom stereocenters. The fourth-order valence-corrected chi connectivity index (χ4v) is 1.89. The maximum atomic E-state index is 13.4. The van der Waals surface area contributed by atoms with Crippen LogP contribution < -0.4 is 10.6 Å². The van der Waals surface area contributed by atoms with Gasteiger partial charge in [0.1, 0.15) is 11.6 Å². The van der Waals surface area contributed by atoms with E-state index < -0.39 is 17.7 Å². The molecule has 0 bridgehead atoms. The van der Waals surface area contributed by atoms with Crippen molar-refractivity contribution in [3.63, 3.8) is 0 Å². The Hall–Kier alpha value is -3.29. The number of H-pyrrole nitrogens is 1. The number of halogens is 2. The van der Waals surface area contributed by atoms with Gasteiger partial charge in [-0.05, 0) is 12.1 Å². The summed E-state index contributed by atoms with van der Waals surface area (Å²) in [5.41, 5.74) is 0.519. The Bertz CT molecular complexity index is 835. The molecule has 8 heteroatoms. The van der Waals surface area contributed by atoms with Gasteiger partial charge in [0.05, 0.1) is 5.69 Å². The number of amides is 2. The van der Waals surface area contributed by atoms with Gasteiger partial charge >= 0.3 is 6.03 Å². The van der Waals surface area contributed by atoms with Crippen LogP contribution in [-0.4, -0.2) is 21.2 Å². The molecule has 0 fully saturated rings. The van der Waals surface area contributed by atoms with Crippen LogP contribution in [-0.2, 0) is 0 Å². The topological polar surface area (TPSA) is 82.7 Å². The van der Waals surface area contributed by atoms with Crippen LogP contribution in [0.5, 0.6) is 0 Å². The normalized spacial score (nSPS) is 10.3. The smallest absolute Gasteiger partial charge is 0.305 e. The van der Waals surface area contributed by atoms with Crippen molar-refractivity contribution in [2.24, 2.45) is 0 Å². The SMILES string of the molecule is O=C(Nc1n[nH]c(-c2ccccc2)n1)Nc1cc(F)ccc1F. The number of aromatic nitrogens is 3. The third-order valence-corrected chi connectivity index (χ3v) is 2.93. The van der Waals surface area contributed by atoms with Gasteiger partial charge in [-0.25, -0.2) is 13.6 Å². The molecular formula is C15H11F2N5O. The Labute approximate surface area is 129 Å². The Morgan fingerprint density at radius 1 is 1.04 bits per heavy atom. The van der Waals surface area contributed by atoms with Gasteiger partial charge in [0, 0.05) is 11.6 Å². The molecule has 1 heterocycles. The molecule has 3 rings (SSSR count). The van der Waals surface area contributed by atoms with Crippen molar-refractivity contribution >= 4 is 17.7 Å². The summed E-state index contributed by atoms with van der Waals surface area (Å²) in [7, 11) is 0. The summed E-state index contributed by atoms with van der Waals surface area (Å²) in [5, 5.41) is 11.0. The minimum Gasteiger partial charge on any atom is -0.305 e. The average Bonchev–Trinajstić information content (AvgIpc) is 3.00. The van der Waals surface area contributed by atoms with Gasteiger partial charge in [0.2, 0.25) is 0 Å². The molecule has 0 aliphatic rings. The largest absolute Gasteiger partial charge is 0.326 e. The zero-order chi connectivity index (χ0) is 16.2. The molecule has 0 saturated carbocycles. The van der Waals surface area contributed by atoms with Gasteiger partial charge in [-0.15, -0.1) is 5.10 Å². The highest BCUT2D eigenvalue weighted by Gasteiger charge is 2.11. The Kier molecular flexibility index (Phi) is 3.96. The van der Waals surface area contributed by atoms with Crippen molar-refractivity contribution in [1.29, 1.82) is 0 Å². The molecule has 0 aliphatic carbocycles. The number of nitrogens with zero attached hydrogens (tertiary/aromatic N) is 2. The molecule has 6 nitrogen and oxygen atoms in total. The van der Waals surface area contributed by atoms with E-state index in [2.05, 4.69) is 25.8 Å². The van der Waals surface area contributed by atoms with Gasteiger partial charge in [0.15, 0.2) is 5.82 Å². The molecule has 2 amide bonds. The second-order valence-electron chi connectivity index (χ2n) is 4.58. The molecule has 23 heavy (non-hydrogen) atoms. The number of rotatable bonds is 3. The maximum Gasteiger partial charge on any atom is 0.326 e. The summed E-state index contributed by atoms with van der Waals surface area (Å²) < 4.78 is 26.5. The second-order valence-corrected chi connectivity index (χ2v) is 4.58. The number of aromatic amines is 1. The fourth-order valence-electron chi connectivity index (χ4n) is 1.89. The van der Waals surface area contributed by atoms with Gasteiger partial charge in [-0.2, -0.15) is 4.98 Å². The first kappa shape index (κ1) is 14.6. The van der Waals surface area contributed by atoms with Crippen LogP contribution in [0.4, 0.5) is 25.2 Å². The molecule has 0 aliphatic heterocycles. The number of carbonyl (C=O) groups excluding carboxylic acids is 1. The van der Waals surface area contributed by atoms with E-state index in [1.165, 1.54) is 0 Å². The van der Waals surface area contributed by atoms with Crippen molar-refractivity contribution < 1.29 is 13.6 Å². The van der Waals surface area contributed by atoms with E-state index in [1.807, 2.05) is 30.3 Å². The number of hydrogen-bond donors (Lipinski definition) is 3. The zero-order valence-electron chi connectivity index (χ0n) is 11.7. The standard InChI is InChI=1S/C15H11F2N5O/c16-10-6-7-11(17)12(8-10)18-15(23)20-14-19-13(21-22-14)9-4-2-1-3-5-9/h1-8H,(H3,18,19,20,21,22,23). The van der Waals surface area contributed by atoms with Crippen LogP contribution in [0.25, 0.3) is 11.4 Å². The highest BCUT2D eigenvalue weighted by atomic mass is 19.1. The lowest BCUT2D eigenvalue weighted by Gasteiger charge is -2.06. The third kappa shape index (κ3) is 3.49. The van der Waals surface area contributed by atoms with Crippen molar-refractivity contribution in [1.82, 2.24) is 15.2 Å². The summed E-state index contributed by atoms with van der Waals surface area (Å²) >= 11 is 0. The number of nitrogens with one attached hydrogen (secondary N) is 3. The van der Waals surface area contributed by atoms with Gasteiger partial charge in [-0.3, -0.25) is 10.4 Å². The first-order valence-electron chi connectivity index (χ1n) is 6.63. The predicted octanol–water partition coefficient (Wildman–Crippen LogP) is 3.39. The van der Waals surface area contributed by atoms with Gasteiger partial charge in [0.25, 0.3) is 5.95 Å². The van der Waals surface area contributed by atoms with Gasteiger partial charge in [-0.1, -0.05) is 30.3 Å². The summed E-state index contributed by atoms with van der Waals surface area (Å²) in [6.07, 6.45) is 0. The number of urea groups is 1. The van der Waals surface area contributed by atoms with E-state index in [1.54, 1.807) is 0 Å². The Morgan fingerprint density at radius 3 is 2.61 bits per heavy atom. The lowest BCUT2D eigenvalue weighted by Crippen LogP contribution is -2.21. The fraction of sp³-hybridized carbons (Fsp3) is 0. The molecule has 3 N–H and O–H groups in total. The van der Waals surface area contributed by atoms with Crippen LogP contribution in [0.3, 0.4) is 0 Å². The van der Waals surface area contributed by atoms with Crippen molar-refractivity contribution in [3.05, 3.63) is 60.2 Å². The highest BCUT2D eigenvalue weighted by molar-refractivity contribution is 5.98.